The van der Waals surface area contributed by atoms with Crippen molar-refractivity contribution in [2.24, 2.45) is 0 Å². The van der Waals surface area contributed by atoms with Gasteiger partial charge in [0.25, 0.3) is 0 Å². The summed E-state index contributed by atoms with van der Waals surface area (Å²) >= 11 is 1.09. The van der Waals surface area contributed by atoms with Crippen molar-refractivity contribution in [3.63, 3.8) is 0 Å². The number of carbonyl (C=O) groups is 2. The number of ketones is 1. The van der Waals surface area contributed by atoms with Gasteiger partial charge in [0.1, 0.15) is 22.1 Å². The molecule has 0 aliphatic heterocycles. The first kappa shape index (κ1) is 26.2. The normalized spacial score (nSPS) is 10.9. The number of carbonyl (C=O) groups excluding carboxylic acids is 1. The van der Waals surface area contributed by atoms with E-state index < -0.39 is 5.97 Å². The van der Waals surface area contributed by atoms with Crippen LogP contribution in [-0.4, -0.2) is 35.2 Å². The molecule has 0 aliphatic rings. The molecule has 0 amide bonds. The Morgan fingerprint density at radius 2 is 1.54 bits per heavy atom. The van der Waals surface area contributed by atoms with Crippen LogP contribution in [0.3, 0.4) is 0 Å². The highest BCUT2D eigenvalue weighted by Crippen LogP contribution is 2.34. The zero-order valence-corrected chi connectivity index (χ0v) is 21.0. The third-order valence-electron chi connectivity index (χ3n) is 5.59. The van der Waals surface area contributed by atoms with E-state index >= 15 is 0 Å². The summed E-state index contributed by atoms with van der Waals surface area (Å²) in [7, 11) is 0. The van der Waals surface area contributed by atoms with E-state index in [-0.39, 0.29) is 27.4 Å². The van der Waals surface area contributed by atoms with E-state index in [1.165, 1.54) is 6.92 Å². The maximum atomic E-state index is 12.4. The number of phenolic OH excluding ortho intramolecular Hbond substituents is 1. The summed E-state index contributed by atoms with van der Waals surface area (Å²) in [6, 6.07) is 7.90. The van der Waals surface area contributed by atoms with Gasteiger partial charge in [-0.3, -0.25) is 9.59 Å². The fraction of sp³-hybridized carbons (Fsp3) is 0.370. The highest BCUT2D eigenvalue weighted by molar-refractivity contribution is 7.20. The van der Waals surface area contributed by atoms with E-state index in [0.29, 0.717) is 59.6 Å². The topological polar surface area (TPSA) is 110 Å². The fourth-order valence-corrected chi connectivity index (χ4v) is 5.01. The van der Waals surface area contributed by atoms with E-state index in [0.717, 1.165) is 35.8 Å². The second kappa shape index (κ2) is 11.8. The number of ether oxygens (including phenoxy) is 2. The number of benzene rings is 2. The smallest absolute Gasteiger partial charge is 0.346 e. The summed E-state index contributed by atoms with van der Waals surface area (Å²) < 4.78 is 12.6. The largest absolute Gasteiger partial charge is 0.507 e. The summed E-state index contributed by atoms with van der Waals surface area (Å²) in [6.07, 6.45) is 3.43. The van der Waals surface area contributed by atoms with Crippen LogP contribution in [0, 0.1) is 0 Å². The van der Waals surface area contributed by atoms with Crippen molar-refractivity contribution in [1.29, 1.82) is 0 Å². The molecule has 0 saturated carbocycles. The van der Waals surface area contributed by atoms with Crippen molar-refractivity contribution in [2.75, 3.05) is 13.2 Å². The predicted molar refractivity (Wildman–Crippen MR) is 137 cm³/mol. The van der Waals surface area contributed by atoms with E-state index in [1.807, 2.05) is 13.8 Å². The molecule has 0 atom stereocenters. The van der Waals surface area contributed by atoms with Crippen LogP contribution in [-0.2, 0) is 12.8 Å². The first-order valence-electron chi connectivity index (χ1n) is 11.7. The molecular formula is C27H30O7S. The van der Waals surface area contributed by atoms with Crippen LogP contribution < -0.4 is 14.9 Å². The molecule has 0 radical (unpaired) electrons. The maximum absolute atomic E-state index is 12.4. The van der Waals surface area contributed by atoms with Crippen molar-refractivity contribution in [3.8, 4) is 17.2 Å². The summed E-state index contributed by atoms with van der Waals surface area (Å²) in [5, 5.41) is 20.3. The number of fused-ring (bicyclic) bond motifs is 1. The van der Waals surface area contributed by atoms with Crippen molar-refractivity contribution in [1.82, 2.24) is 0 Å². The minimum absolute atomic E-state index is 0.00679. The number of carboxylic acids is 1. The standard InChI is InChI=1S/C27H30O7S/c1-4-7-19-22(11-9-17(16(3)28)25(19)30)33-13-6-14-34-23-12-10-18-21(29)15-24(27(31)32)35-26(18)20(23)8-5-2/h9-12,15,30H,4-8,13-14H2,1-3H3,(H,31,32). The number of Topliss-reactive ketones (excluding diaryl/α,β-unsaturated/α-hetero) is 1. The van der Waals surface area contributed by atoms with Gasteiger partial charge in [0, 0.05) is 33.7 Å². The molecule has 0 saturated heterocycles. The average Bonchev–Trinajstić information content (AvgIpc) is 2.81. The molecule has 1 heterocycles. The van der Waals surface area contributed by atoms with Crippen LogP contribution in [0.5, 0.6) is 17.2 Å². The molecule has 0 spiro atoms. The second-order valence-electron chi connectivity index (χ2n) is 8.24. The Kier molecular flexibility index (Phi) is 8.87. The summed E-state index contributed by atoms with van der Waals surface area (Å²) in [5.41, 5.74) is 1.45. The third-order valence-corrected chi connectivity index (χ3v) is 6.77. The molecule has 0 unspecified atom stereocenters. The number of rotatable bonds is 12. The molecule has 7 nitrogen and oxygen atoms in total. The van der Waals surface area contributed by atoms with Gasteiger partial charge >= 0.3 is 5.97 Å². The van der Waals surface area contributed by atoms with Crippen LogP contribution in [0.15, 0.2) is 35.1 Å². The molecule has 0 aliphatic carbocycles. The Labute approximate surface area is 208 Å². The first-order valence-corrected chi connectivity index (χ1v) is 12.5. The SMILES string of the molecule is CCCc1c(OCCCOc2ccc3c(=O)cc(C(=O)O)sc3c2CCC)ccc(C(C)=O)c1O. The van der Waals surface area contributed by atoms with Crippen molar-refractivity contribution >= 4 is 33.2 Å². The Hall–Kier alpha value is -3.39. The number of hydrogen-bond donors (Lipinski definition) is 2. The molecule has 3 aromatic rings. The van der Waals surface area contributed by atoms with E-state index in [4.69, 9.17) is 9.47 Å². The van der Waals surface area contributed by atoms with Crippen molar-refractivity contribution in [2.45, 2.75) is 52.9 Å². The number of aryl methyl sites for hydroxylation is 1. The minimum Gasteiger partial charge on any atom is -0.507 e. The summed E-state index contributed by atoms with van der Waals surface area (Å²) in [5.74, 6) is -0.151. The highest BCUT2D eigenvalue weighted by atomic mass is 32.1. The molecule has 186 valence electrons. The lowest BCUT2D eigenvalue weighted by Gasteiger charge is -2.16. The minimum atomic E-state index is -1.12. The van der Waals surface area contributed by atoms with Gasteiger partial charge in [-0.1, -0.05) is 26.7 Å². The first-order chi connectivity index (χ1) is 16.8. The van der Waals surface area contributed by atoms with Crippen LogP contribution in [0.25, 0.3) is 10.1 Å². The quantitative estimate of drug-likeness (QED) is 0.246. The monoisotopic (exact) mass is 498 g/mol. The van der Waals surface area contributed by atoms with E-state index in [2.05, 4.69) is 0 Å². The number of carboxylic acid groups (broad SMARTS) is 1. The molecule has 0 fully saturated rings. The Balaban J connectivity index is 1.72. The molecule has 2 N–H and O–H groups in total. The Morgan fingerprint density at radius 3 is 2.14 bits per heavy atom. The van der Waals surface area contributed by atoms with Crippen molar-refractivity contribution in [3.05, 3.63) is 62.1 Å². The fourth-order valence-electron chi connectivity index (χ4n) is 3.94. The molecule has 2 aromatic carbocycles. The van der Waals surface area contributed by atoms with Crippen molar-refractivity contribution < 1.29 is 29.3 Å². The van der Waals surface area contributed by atoms with E-state index in [9.17, 15) is 24.6 Å². The summed E-state index contributed by atoms with van der Waals surface area (Å²) in [6.45, 7) is 6.13. The molecular weight excluding hydrogens is 468 g/mol. The third kappa shape index (κ3) is 6.00. The highest BCUT2D eigenvalue weighted by Gasteiger charge is 2.17. The van der Waals surface area contributed by atoms with Crippen LogP contribution >= 0.6 is 11.3 Å². The molecule has 35 heavy (non-hydrogen) atoms. The second-order valence-corrected chi connectivity index (χ2v) is 9.30. The number of aromatic hydroxyl groups is 1. The van der Waals surface area contributed by atoms with Gasteiger partial charge in [-0.25, -0.2) is 4.79 Å². The number of aromatic carboxylic acids is 1. The zero-order chi connectivity index (χ0) is 25.5. The van der Waals surface area contributed by atoms with Gasteiger partial charge in [0.2, 0.25) is 0 Å². The Bertz CT molecular complexity index is 1290. The summed E-state index contributed by atoms with van der Waals surface area (Å²) in [4.78, 5) is 35.6. The van der Waals surface area contributed by atoms with Gasteiger partial charge in [0.05, 0.1) is 18.8 Å². The number of hydrogen-bond acceptors (Lipinski definition) is 7. The maximum Gasteiger partial charge on any atom is 0.346 e. The van der Waals surface area contributed by atoms with Gasteiger partial charge in [-0.2, -0.15) is 0 Å². The zero-order valence-electron chi connectivity index (χ0n) is 20.2. The van der Waals surface area contributed by atoms with E-state index in [1.54, 1.807) is 24.3 Å². The van der Waals surface area contributed by atoms with Gasteiger partial charge < -0.3 is 19.7 Å². The van der Waals surface area contributed by atoms with Gasteiger partial charge in [0.15, 0.2) is 11.2 Å². The van der Waals surface area contributed by atoms with Gasteiger partial charge in [-0.15, -0.1) is 11.3 Å². The lowest BCUT2D eigenvalue weighted by atomic mass is 10.0. The Morgan fingerprint density at radius 1 is 0.943 bits per heavy atom. The lowest BCUT2D eigenvalue weighted by molar-refractivity contribution is 0.0701. The van der Waals surface area contributed by atoms with Crippen LogP contribution in [0.1, 0.15) is 71.2 Å². The molecule has 8 heteroatoms. The lowest BCUT2D eigenvalue weighted by Crippen LogP contribution is -2.09. The molecule has 3 rings (SSSR count). The molecule has 1 aromatic heterocycles. The average molecular weight is 499 g/mol. The van der Waals surface area contributed by atoms with Crippen LogP contribution in [0.2, 0.25) is 0 Å². The molecule has 0 bridgehead atoms. The van der Waals surface area contributed by atoms with Crippen LogP contribution in [0.4, 0.5) is 0 Å². The number of phenols is 1. The predicted octanol–water partition coefficient (Wildman–Crippen LogP) is 5.62. The van der Waals surface area contributed by atoms with Gasteiger partial charge in [-0.05, 0) is 44.0 Å².